The predicted octanol–water partition coefficient (Wildman–Crippen LogP) is 6.20. The van der Waals surface area contributed by atoms with Crippen molar-refractivity contribution in [1.29, 1.82) is 5.26 Å². The van der Waals surface area contributed by atoms with Crippen LogP contribution in [0.15, 0.2) is 54.6 Å². The van der Waals surface area contributed by atoms with E-state index in [4.69, 9.17) is 10.00 Å². The molecule has 4 nitrogen and oxygen atoms in total. The smallest absolute Gasteiger partial charge is 0.410 e. The molecule has 1 amide bonds. The van der Waals surface area contributed by atoms with Gasteiger partial charge >= 0.3 is 6.09 Å². The molecule has 0 aromatic heterocycles. The van der Waals surface area contributed by atoms with E-state index < -0.39 is 0 Å². The largest absolute Gasteiger partial charge is 0.453 e. The van der Waals surface area contributed by atoms with Gasteiger partial charge in [-0.1, -0.05) is 56.3 Å². The van der Waals surface area contributed by atoms with Crippen molar-refractivity contribution >= 4 is 29.0 Å². The van der Waals surface area contributed by atoms with Crippen LogP contribution in [0, 0.1) is 17.2 Å². The van der Waals surface area contributed by atoms with Crippen molar-refractivity contribution in [1.82, 2.24) is 4.90 Å². The van der Waals surface area contributed by atoms with E-state index in [1.807, 2.05) is 29.2 Å². The molecular formula is C27H26N2O2. The normalized spacial score (nSPS) is 15.8. The lowest BCUT2D eigenvalue weighted by molar-refractivity contribution is 0.0877. The average Bonchev–Trinajstić information content (AvgIpc) is 2.80. The maximum absolute atomic E-state index is 12.3. The minimum absolute atomic E-state index is 0.0135. The molecule has 4 heteroatoms. The molecule has 156 valence electrons. The molecule has 0 N–H and O–H groups in total. The number of nitriles is 1. The van der Waals surface area contributed by atoms with Gasteiger partial charge in [0.1, 0.15) is 0 Å². The Morgan fingerprint density at radius 3 is 2.45 bits per heavy atom. The zero-order chi connectivity index (χ0) is 22.0. The number of hydrogen-bond acceptors (Lipinski definition) is 3. The zero-order valence-corrected chi connectivity index (χ0v) is 18.1. The van der Waals surface area contributed by atoms with E-state index in [1.54, 1.807) is 0 Å². The van der Waals surface area contributed by atoms with Gasteiger partial charge in [0.2, 0.25) is 0 Å². The molecule has 1 atom stereocenters. The summed E-state index contributed by atoms with van der Waals surface area (Å²) in [5.41, 5.74) is 5.39. The number of carbonyl (C=O) groups excluding carboxylic acids is 1. The number of benzene rings is 3. The molecule has 0 radical (unpaired) electrons. The molecule has 1 unspecified atom stereocenters. The van der Waals surface area contributed by atoms with Gasteiger partial charge in [0.25, 0.3) is 0 Å². The number of amides is 1. The van der Waals surface area contributed by atoms with Crippen molar-refractivity contribution < 1.29 is 9.53 Å². The molecule has 3 aromatic carbocycles. The molecule has 0 saturated carbocycles. The molecule has 0 aliphatic carbocycles. The molecule has 0 saturated heterocycles. The van der Waals surface area contributed by atoms with Gasteiger partial charge in [-0.05, 0) is 69.6 Å². The number of carbonyl (C=O) groups is 1. The molecule has 1 heterocycles. The highest BCUT2D eigenvalue weighted by molar-refractivity contribution is 5.87. The summed E-state index contributed by atoms with van der Waals surface area (Å²) < 4.78 is 5.03. The molecule has 0 fully saturated rings. The van der Waals surface area contributed by atoms with Crippen LogP contribution in [0.2, 0.25) is 0 Å². The van der Waals surface area contributed by atoms with Crippen molar-refractivity contribution in [3.63, 3.8) is 0 Å². The molecule has 1 aliphatic heterocycles. The predicted molar refractivity (Wildman–Crippen MR) is 124 cm³/mol. The van der Waals surface area contributed by atoms with Gasteiger partial charge in [-0.15, -0.1) is 0 Å². The van der Waals surface area contributed by atoms with Gasteiger partial charge < -0.3 is 9.64 Å². The van der Waals surface area contributed by atoms with E-state index in [1.165, 1.54) is 18.2 Å². The lowest BCUT2D eigenvalue weighted by Crippen LogP contribution is -2.42. The van der Waals surface area contributed by atoms with Gasteiger partial charge in [-0.2, -0.15) is 5.26 Å². The Hall–Kier alpha value is -3.58. The molecular weight excluding hydrogens is 384 g/mol. The summed E-state index contributed by atoms with van der Waals surface area (Å²) in [5.74, 6) is 0.288. The molecule has 31 heavy (non-hydrogen) atoms. The summed E-state index contributed by atoms with van der Waals surface area (Å²) in [7, 11) is 1.44. The molecule has 0 bridgehead atoms. The second-order valence-corrected chi connectivity index (χ2v) is 8.33. The highest BCUT2D eigenvalue weighted by Gasteiger charge is 2.33. The first-order valence-corrected chi connectivity index (χ1v) is 10.6. The standard InChI is InChI=1S/C27H26N2O2/c1-18(2)26-25-16-20(6-9-22(25)12-13-29(26)27(30)31-3)5-4-19-7-10-24-15-21(17-28)8-11-23(24)14-19/h4-11,14-16,18,26H,12-13H2,1-3H3. The van der Waals surface area contributed by atoms with Gasteiger partial charge in [0.05, 0.1) is 24.8 Å². The summed E-state index contributed by atoms with van der Waals surface area (Å²) in [4.78, 5) is 14.2. The summed E-state index contributed by atoms with van der Waals surface area (Å²) >= 11 is 0. The van der Waals surface area contributed by atoms with Gasteiger partial charge in [-0.25, -0.2) is 4.79 Å². The number of nitrogens with zero attached hydrogens (tertiary/aromatic N) is 2. The minimum atomic E-state index is -0.263. The van der Waals surface area contributed by atoms with Crippen molar-refractivity contribution in [2.24, 2.45) is 5.92 Å². The van der Waals surface area contributed by atoms with Crippen LogP contribution in [0.1, 0.15) is 47.7 Å². The number of methoxy groups -OCH3 is 1. The van der Waals surface area contributed by atoms with E-state index in [-0.39, 0.29) is 18.1 Å². The number of hydrogen-bond donors (Lipinski definition) is 0. The van der Waals surface area contributed by atoms with E-state index in [0.29, 0.717) is 12.1 Å². The van der Waals surface area contributed by atoms with Crippen LogP contribution in [-0.4, -0.2) is 24.6 Å². The Bertz CT molecular complexity index is 1200. The highest BCUT2D eigenvalue weighted by Crippen LogP contribution is 2.36. The Kier molecular flexibility index (Phi) is 5.77. The molecule has 4 rings (SSSR count). The van der Waals surface area contributed by atoms with Crippen LogP contribution in [0.25, 0.3) is 22.9 Å². The third-order valence-electron chi connectivity index (χ3n) is 5.95. The fraction of sp³-hybridized carbons (Fsp3) is 0.259. The van der Waals surface area contributed by atoms with Crippen LogP contribution in [0.4, 0.5) is 4.79 Å². The Labute approximate surface area is 183 Å². The van der Waals surface area contributed by atoms with Gasteiger partial charge in [-0.3, -0.25) is 0 Å². The van der Waals surface area contributed by atoms with E-state index in [2.05, 4.69) is 62.4 Å². The van der Waals surface area contributed by atoms with Gasteiger partial charge in [0, 0.05) is 6.54 Å². The van der Waals surface area contributed by atoms with Crippen LogP contribution in [0.5, 0.6) is 0 Å². The monoisotopic (exact) mass is 410 g/mol. The lowest BCUT2D eigenvalue weighted by atomic mass is 9.85. The van der Waals surface area contributed by atoms with Gasteiger partial charge in [0.15, 0.2) is 0 Å². The zero-order valence-electron chi connectivity index (χ0n) is 18.1. The van der Waals surface area contributed by atoms with Crippen LogP contribution >= 0.6 is 0 Å². The first kappa shape index (κ1) is 20.7. The summed E-state index contributed by atoms with van der Waals surface area (Å²) in [6.07, 6.45) is 4.79. The minimum Gasteiger partial charge on any atom is -0.453 e. The Morgan fingerprint density at radius 2 is 1.74 bits per heavy atom. The van der Waals surface area contributed by atoms with Crippen LogP contribution < -0.4 is 0 Å². The number of rotatable bonds is 3. The van der Waals surface area contributed by atoms with E-state index in [9.17, 15) is 4.79 Å². The first-order valence-electron chi connectivity index (χ1n) is 10.6. The van der Waals surface area contributed by atoms with E-state index in [0.717, 1.165) is 28.3 Å². The molecule has 3 aromatic rings. The van der Waals surface area contributed by atoms with Crippen molar-refractivity contribution in [2.45, 2.75) is 26.3 Å². The second-order valence-electron chi connectivity index (χ2n) is 8.33. The lowest BCUT2D eigenvalue weighted by Gasteiger charge is -2.38. The van der Waals surface area contributed by atoms with Crippen molar-refractivity contribution in [3.8, 4) is 6.07 Å². The fourth-order valence-electron chi connectivity index (χ4n) is 4.44. The summed E-state index contributed by atoms with van der Waals surface area (Å²) in [5, 5.41) is 11.2. The molecule has 1 aliphatic rings. The SMILES string of the molecule is COC(=O)N1CCc2ccc(C=Cc3ccc4cc(C#N)ccc4c3)cc2C1C(C)C. The quantitative estimate of drug-likeness (QED) is 0.483. The van der Waals surface area contributed by atoms with Crippen LogP contribution in [0.3, 0.4) is 0 Å². The number of ether oxygens (including phenoxy) is 1. The average molecular weight is 411 g/mol. The third kappa shape index (κ3) is 4.18. The van der Waals surface area contributed by atoms with E-state index >= 15 is 0 Å². The third-order valence-corrected chi connectivity index (χ3v) is 5.95. The van der Waals surface area contributed by atoms with Crippen molar-refractivity contribution in [2.75, 3.05) is 13.7 Å². The highest BCUT2D eigenvalue weighted by atomic mass is 16.5. The summed E-state index contributed by atoms with van der Waals surface area (Å²) in [6, 6.07) is 20.7. The Balaban J connectivity index is 1.64. The topological polar surface area (TPSA) is 53.3 Å². The molecule has 0 spiro atoms. The van der Waals surface area contributed by atoms with Crippen molar-refractivity contribution in [3.05, 3.63) is 82.4 Å². The summed E-state index contributed by atoms with van der Waals surface area (Å²) in [6.45, 7) is 4.97. The first-order chi connectivity index (χ1) is 15.0. The Morgan fingerprint density at radius 1 is 1.06 bits per heavy atom. The number of fused-ring (bicyclic) bond motifs is 2. The maximum atomic E-state index is 12.3. The maximum Gasteiger partial charge on any atom is 0.410 e. The second kappa shape index (κ2) is 8.65. The fourth-order valence-corrected chi connectivity index (χ4v) is 4.44. The van der Waals surface area contributed by atoms with Crippen LogP contribution in [-0.2, 0) is 11.2 Å².